The Morgan fingerprint density at radius 3 is 2.92 bits per heavy atom. The Morgan fingerprint density at radius 2 is 2.00 bits per heavy atom. The fourth-order valence-electron chi connectivity index (χ4n) is 2.01. The van der Waals surface area contributed by atoms with E-state index in [0.717, 1.165) is 16.3 Å². The molecular weight excluding hydrogens is 160 g/mol. The fourth-order valence-corrected chi connectivity index (χ4v) is 2.01. The largest absolute Gasteiger partial charge is 0.294 e. The Hall–Kier alpha value is -1.63. The molecule has 0 saturated heterocycles. The Bertz CT molecular complexity index is 547. The lowest BCUT2D eigenvalue weighted by atomic mass is 10.0. The molecule has 3 rings (SSSR count). The predicted molar refractivity (Wildman–Crippen MR) is 52.6 cm³/mol. The van der Waals surface area contributed by atoms with Crippen LogP contribution in [0.4, 0.5) is 0 Å². The highest BCUT2D eigenvalue weighted by molar-refractivity contribution is 6.06. The summed E-state index contributed by atoms with van der Waals surface area (Å²) in [5.74, 6) is 0.256. The van der Waals surface area contributed by atoms with Gasteiger partial charge in [-0.15, -0.1) is 0 Å². The van der Waals surface area contributed by atoms with Crippen LogP contribution in [0.15, 0.2) is 18.2 Å². The summed E-state index contributed by atoms with van der Waals surface area (Å²) in [5.41, 5.74) is 2.03. The van der Waals surface area contributed by atoms with Crippen LogP contribution in [0.25, 0.3) is 18.2 Å². The summed E-state index contributed by atoms with van der Waals surface area (Å²) >= 11 is 0. The van der Waals surface area contributed by atoms with Crippen molar-refractivity contribution in [3.8, 4) is 0 Å². The van der Waals surface area contributed by atoms with E-state index in [0.29, 0.717) is 6.42 Å². The van der Waals surface area contributed by atoms with Gasteiger partial charge in [-0.3, -0.25) is 4.79 Å². The first-order valence-corrected chi connectivity index (χ1v) is 4.41. The van der Waals surface area contributed by atoms with Crippen molar-refractivity contribution in [3.63, 3.8) is 0 Å². The Morgan fingerprint density at radius 1 is 1.15 bits per heavy atom. The molecular formula is C12H8O. The molecule has 0 saturated carbocycles. The number of Topliss-reactive ketones (excluding diaryl/α,β-unsaturated/α-hetero) is 1. The second-order valence-corrected chi connectivity index (χ2v) is 3.39. The van der Waals surface area contributed by atoms with Crippen molar-refractivity contribution in [1.82, 2.24) is 0 Å². The highest BCUT2D eigenvalue weighted by Gasteiger charge is 2.17. The summed E-state index contributed by atoms with van der Waals surface area (Å²) < 4.78 is 0. The van der Waals surface area contributed by atoms with E-state index in [1.807, 2.05) is 30.4 Å². The highest BCUT2D eigenvalue weighted by Crippen LogP contribution is 2.13. The molecule has 0 aliphatic heterocycles. The quantitative estimate of drug-likeness (QED) is 0.561. The lowest BCUT2D eigenvalue weighted by Gasteiger charge is -1.98. The molecule has 1 aromatic carbocycles. The van der Waals surface area contributed by atoms with Crippen molar-refractivity contribution < 1.29 is 4.79 Å². The summed E-state index contributed by atoms with van der Waals surface area (Å²) in [6, 6.07) is 4.10. The van der Waals surface area contributed by atoms with E-state index >= 15 is 0 Å². The number of ketones is 1. The number of allylic oxidation sites excluding steroid dienone is 1. The molecule has 0 N–H and O–H groups in total. The third-order valence-electron chi connectivity index (χ3n) is 2.64. The minimum Gasteiger partial charge on any atom is -0.294 e. The van der Waals surface area contributed by atoms with E-state index in [-0.39, 0.29) is 5.78 Å². The van der Waals surface area contributed by atoms with Crippen LogP contribution in [0.1, 0.15) is 22.3 Å². The van der Waals surface area contributed by atoms with E-state index in [4.69, 9.17) is 0 Å². The molecule has 13 heavy (non-hydrogen) atoms. The molecule has 2 aliphatic rings. The van der Waals surface area contributed by atoms with E-state index in [1.165, 1.54) is 5.22 Å². The minimum atomic E-state index is 0.256. The SMILES string of the molecule is O=C1CC=c2ccc3c(c21)C=CC=3. The van der Waals surface area contributed by atoms with Crippen molar-refractivity contribution >= 4 is 24.0 Å². The van der Waals surface area contributed by atoms with Gasteiger partial charge in [0, 0.05) is 12.0 Å². The molecule has 0 bridgehead atoms. The third kappa shape index (κ3) is 0.788. The number of hydrogen-bond donors (Lipinski definition) is 0. The lowest BCUT2D eigenvalue weighted by molar-refractivity contribution is 0.100. The van der Waals surface area contributed by atoms with Crippen molar-refractivity contribution in [2.45, 2.75) is 6.42 Å². The molecule has 0 radical (unpaired) electrons. The number of hydrogen-bond acceptors (Lipinski definition) is 1. The van der Waals surface area contributed by atoms with E-state index in [2.05, 4.69) is 6.07 Å². The summed E-state index contributed by atoms with van der Waals surface area (Å²) in [5, 5.41) is 2.27. The average molecular weight is 168 g/mol. The smallest absolute Gasteiger partial charge is 0.167 e. The van der Waals surface area contributed by atoms with Crippen molar-refractivity contribution in [2.75, 3.05) is 0 Å². The fraction of sp³-hybridized carbons (Fsp3) is 0.0833. The number of carbonyl (C=O) groups excluding carboxylic acids is 1. The predicted octanol–water partition coefficient (Wildman–Crippen LogP) is 0.861. The molecule has 0 atom stereocenters. The first-order valence-electron chi connectivity index (χ1n) is 4.41. The van der Waals surface area contributed by atoms with Gasteiger partial charge in [0.05, 0.1) is 0 Å². The van der Waals surface area contributed by atoms with Gasteiger partial charge in [0.1, 0.15) is 0 Å². The second-order valence-electron chi connectivity index (χ2n) is 3.39. The second kappa shape index (κ2) is 2.19. The normalized spacial score (nSPS) is 16.5. The van der Waals surface area contributed by atoms with Crippen LogP contribution in [-0.2, 0) is 0 Å². The van der Waals surface area contributed by atoms with Crippen LogP contribution >= 0.6 is 0 Å². The third-order valence-corrected chi connectivity index (χ3v) is 2.64. The molecule has 2 aliphatic carbocycles. The first-order chi connectivity index (χ1) is 6.36. The van der Waals surface area contributed by atoms with Gasteiger partial charge in [-0.2, -0.15) is 0 Å². The van der Waals surface area contributed by atoms with Crippen molar-refractivity contribution in [2.24, 2.45) is 0 Å². The minimum absolute atomic E-state index is 0.256. The Labute approximate surface area is 75.7 Å². The van der Waals surface area contributed by atoms with Gasteiger partial charge in [0.25, 0.3) is 0 Å². The van der Waals surface area contributed by atoms with Gasteiger partial charge < -0.3 is 0 Å². The summed E-state index contributed by atoms with van der Waals surface area (Å²) in [7, 11) is 0. The summed E-state index contributed by atoms with van der Waals surface area (Å²) in [6.07, 6.45) is 8.63. The zero-order valence-electron chi connectivity index (χ0n) is 7.08. The Balaban J connectivity index is 2.53. The topological polar surface area (TPSA) is 17.1 Å². The van der Waals surface area contributed by atoms with Crippen LogP contribution in [0, 0.1) is 0 Å². The van der Waals surface area contributed by atoms with Crippen LogP contribution in [0.3, 0.4) is 0 Å². The molecule has 0 aromatic heterocycles. The molecule has 0 spiro atoms. The van der Waals surface area contributed by atoms with Gasteiger partial charge in [-0.05, 0) is 16.0 Å². The lowest BCUT2D eigenvalue weighted by Crippen LogP contribution is -2.17. The summed E-state index contributed by atoms with van der Waals surface area (Å²) in [4.78, 5) is 11.5. The molecule has 1 aromatic rings. The maximum Gasteiger partial charge on any atom is 0.167 e. The van der Waals surface area contributed by atoms with Crippen molar-refractivity contribution in [1.29, 1.82) is 0 Å². The standard InChI is InChI=1S/C12H8O/c13-11-7-6-9-5-4-8-2-1-3-10(8)12(9)11/h1-6H,7H2. The highest BCUT2D eigenvalue weighted by atomic mass is 16.1. The van der Waals surface area contributed by atoms with Crippen LogP contribution in [0.2, 0.25) is 0 Å². The van der Waals surface area contributed by atoms with Gasteiger partial charge in [0.15, 0.2) is 5.78 Å². The van der Waals surface area contributed by atoms with E-state index in [9.17, 15) is 4.79 Å². The molecule has 0 unspecified atom stereocenters. The van der Waals surface area contributed by atoms with Gasteiger partial charge in [-0.25, -0.2) is 0 Å². The molecule has 1 nitrogen and oxygen atoms in total. The maximum atomic E-state index is 11.5. The van der Waals surface area contributed by atoms with Crippen LogP contribution < -0.4 is 10.4 Å². The van der Waals surface area contributed by atoms with E-state index < -0.39 is 0 Å². The van der Waals surface area contributed by atoms with Gasteiger partial charge in [0.2, 0.25) is 0 Å². The van der Waals surface area contributed by atoms with E-state index in [1.54, 1.807) is 0 Å². The maximum absolute atomic E-state index is 11.5. The van der Waals surface area contributed by atoms with Gasteiger partial charge >= 0.3 is 0 Å². The average Bonchev–Trinajstić information content (AvgIpc) is 2.70. The number of fused-ring (bicyclic) bond motifs is 3. The first kappa shape index (κ1) is 6.84. The molecule has 1 heteroatoms. The Kier molecular flexibility index (Phi) is 1.15. The number of benzene rings is 1. The van der Waals surface area contributed by atoms with Gasteiger partial charge in [-0.1, -0.05) is 36.4 Å². The molecule has 62 valence electrons. The molecule has 0 amide bonds. The number of carbonyl (C=O) groups is 1. The zero-order chi connectivity index (χ0) is 8.84. The summed E-state index contributed by atoms with van der Waals surface area (Å²) in [6.45, 7) is 0. The molecule has 0 heterocycles. The zero-order valence-corrected chi connectivity index (χ0v) is 7.08. The van der Waals surface area contributed by atoms with Crippen LogP contribution in [0.5, 0.6) is 0 Å². The van der Waals surface area contributed by atoms with Crippen molar-refractivity contribution in [3.05, 3.63) is 39.8 Å². The molecule has 0 fully saturated rings. The van der Waals surface area contributed by atoms with Crippen LogP contribution in [-0.4, -0.2) is 5.78 Å². The monoisotopic (exact) mass is 168 g/mol. The number of rotatable bonds is 0.